The second-order valence-corrected chi connectivity index (χ2v) is 6.15. The lowest BCUT2D eigenvalue weighted by Crippen LogP contribution is -2.27. The minimum Gasteiger partial charge on any atom is -0.353 e. The maximum Gasteiger partial charge on any atom is 0.225 e. The molecule has 3 heterocycles. The molecule has 1 atom stereocenters. The number of nitrogens with zero attached hydrogens (tertiary/aromatic N) is 3. The highest BCUT2D eigenvalue weighted by Crippen LogP contribution is 2.34. The minimum atomic E-state index is 0.355. The number of aryl methyl sites for hydroxylation is 1. The first-order valence-corrected chi connectivity index (χ1v) is 7.05. The van der Waals surface area contributed by atoms with E-state index in [0.29, 0.717) is 11.3 Å². The van der Waals surface area contributed by atoms with Gasteiger partial charge in [0.2, 0.25) is 5.28 Å². The zero-order valence-electron chi connectivity index (χ0n) is 9.90. The molecule has 0 saturated carbocycles. The van der Waals surface area contributed by atoms with Gasteiger partial charge in [0, 0.05) is 17.5 Å². The Bertz CT molecular complexity index is 566. The average molecular weight is 268 g/mol. The fourth-order valence-electron chi connectivity index (χ4n) is 2.47. The van der Waals surface area contributed by atoms with Crippen LogP contribution in [0.4, 0.5) is 5.82 Å². The van der Waals surface area contributed by atoms with Gasteiger partial charge in [-0.05, 0) is 44.4 Å². The molecule has 0 bridgehead atoms. The molecule has 0 N–H and O–H groups in total. The molecule has 0 aliphatic carbocycles. The molecular formula is C12H14ClN3S. The quantitative estimate of drug-likeness (QED) is 0.739. The fourth-order valence-corrected chi connectivity index (χ4v) is 3.56. The molecule has 0 amide bonds. The summed E-state index contributed by atoms with van der Waals surface area (Å²) in [7, 11) is 0. The molecule has 2 aromatic rings. The maximum absolute atomic E-state index is 6.02. The van der Waals surface area contributed by atoms with Crippen LogP contribution in [-0.2, 0) is 0 Å². The third-order valence-corrected chi connectivity index (χ3v) is 4.41. The Morgan fingerprint density at radius 3 is 3.00 bits per heavy atom. The number of fused-ring (bicyclic) bond motifs is 1. The molecule has 0 radical (unpaired) electrons. The third kappa shape index (κ3) is 1.89. The van der Waals surface area contributed by atoms with Crippen molar-refractivity contribution in [3.05, 3.63) is 16.2 Å². The lowest BCUT2D eigenvalue weighted by Gasteiger charge is -2.23. The number of hydrogen-bond acceptors (Lipinski definition) is 4. The van der Waals surface area contributed by atoms with Crippen LogP contribution in [0.15, 0.2) is 6.07 Å². The number of aromatic nitrogens is 2. The third-order valence-electron chi connectivity index (χ3n) is 3.29. The van der Waals surface area contributed by atoms with E-state index in [1.54, 1.807) is 11.3 Å². The van der Waals surface area contributed by atoms with Gasteiger partial charge in [0.1, 0.15) is 10.6 Å². The molecule has 1 fully saturated rings. The maximum atomic E-state index is 6.02. The van der Waals surface area contributed by atoms with Crippen LogP contribution in [0.1, 0.15) is 24.6 Å². The Labute approximate surface area is 109 Å². The van der Waals surface area contributed by atoms with Gasteiger partial charge in [0.05, 0.1) is 5.39 Å². The van der Waals surface area contributed by atoms with E-state index in [1.165, 1.54) is 17.7 Å². The first kappa shape index (κ1) is 11.2. The number of rotatable bonds is 1. The van der Waals surface area contributed by atoms with Crippen LogP contribution in [0.25, 0.3) is 10.2 Å². The van der Waals surface area contributed by atoms with Gasteiger partial charge in [-0.25, -0.2) is 4.98 Å². The van der Waals surface area contributed by atoms with E-state index in [1.807, 2.05) is 0 Å². The van der Waals surface area contributed by atoms with Crippen molar-refractivity contribution in [2.75, 3.05) is 11.4 Å². The van der Waals surface area contributed by atoms with Crippen molar-refractivity contribution in [1.82, 2.24) is 9.97 Å². The molecule has 17 heavy (non-hydrogen) atoms. The van der Waals surface area contributed by atoms with Crippen LogP contribution in [0.2, 0.25) is 5.28 Å². The highest BCUT2D eigenvalue weighted by Gasteiger charge is 2.24. The molecule has 1 unspecified atom stereocenters. The Morgan fingerprint density at radius 1 is 1.47 bits per heavy atom. The first-order chi connectivity index (χ1) is 8.15. The fraction of sp³-hybridized carbons (Fsp3) is 0.500. The van der Waals surface area contributed by atoms with Crippen molar-refractivity contribution in [2.45, 2.75) is 32.7 Å². The summed E-state index contributed by atoms with van der Waals surface area (Å²) in [5, 5.41) is 1.50. The number of anilines is 1. The van der Waals surface area contributed by atoms with E-state index in [9.17, 15) is 0 Å². The van der Waals surface area contributed by atoms with Crippen LogP contribution in [0.3, 0.4) is 0 Å². The molecule has 0 spiro atoms. The Hall–Kier alpha value is -0.870. The van der Waals surface area contributed by atoms with Gasteiger partial charge in [-0.1, -0.05) is 0 Å². The molecule has 0 aromatic carbocycles. The summed E-state index contributed by atoms with van der Waals surface area (Å²) in [6.07, 6.45) is 2.46. The number of halogens is 1. The van der Waals surface area contributed by atoms with Crippen LogP contribution >= 0.6 is 22.9 Å². The Kier molecular flexibility index (Phi) is 2.71. The van der Waals surface area contributed by atoms with Crippen molar-refractivity contribution in [1.29, 1.82) is 0 Å². The van der Waals surface area contributed by atoms with E-state index in [-0.39, 0.29) is 0 Å². The molecule has 2 aromatic heterocycles. The van der Waals surface area contributed by atoms with Gasteiger partial charge in [-0.3, -0.25) is 0 Å². The molecule has 3 nitrogen and oxygen atoms in total. The summed E-state index contributed by atoms with van der Waals surface area (Å²) in [5.74, 6) is 1.01. The van der Waals surface area contributed by atoms with E-state index in [2.05, 4.69) is 34.8 Å². The molecule has 1 saturated heterocycles. The minimum absolute atomic E-state index is 0.355. The first-order valence-electron chi connectivity index (χ1n) is 5.85. The summed E-state index contributed by atoms with van der Waals surface area (Å²) in [4.78, 5) is 13.3. The summed E-state index contributed by atoms with van der Waals surface area (Å²) in [6.45, 7) is 5.41. The standard InChI is InChI=1S/C12H14ClN3S/c1-7-4-3-5-16(7)10-9-6-8(2)17-11(9)15-12(13)14-10/h6-7H,3-5H2,1-2H3. The second-order valence-electron chi connectivity index (χ2n) is 4.58. The highest BCUT2D eigenvalue weighted by atomic mass is 35.5. The van der Waals surface area contributed by atoms with Crippen LogP contribution in [0.5, 0.6) is 0 Å². The lowest BCUT2D eigenvalue weighted by molar-refractivity contribution is 0.729. The summed E-state index contributed by atoms with van der Waals surface area (Å²) >= 11 is 7.70. The van der Waals surface area contributed by atoms with Crippen molar-refractivity contribution in [3.63, 3.8) is 0 Å². The van der Waals surface area contributed by atoms with Crippen molar-refractivity contribution in [3.8, 4) is 0 Å². The molecular weight excluding hydrogens is 254 g/mol. The van der Waals surface area contributed by atoms with Crippen LogP contribution in [-0.4, -0.2) is 22.6 Å². The van der Waals surface area contributed by atoms with E-state index in [4.69, 9.17) is 11.6 Å². The van der Waals surface area contributed by atoms with Gasteiger partial charge in [-0.15, -0.1) is 11.3 Å². The average Bonchev–Trinajstić information content (AvgIpc) is 2.82. The lowest BCUT2D eigenvalue weighted by atomic mass is 10.2. The summed E-state index contributed by atoms with van der Waals surface area (Å²) < 4.78 is 0. The summed E-state index contributed by atoms with van der Waals surface area (Å²) in [5.41, 5.74) is 0. The van der Waals surface area contributed by atoms with Crippen LogP contribution in [0, 0.1) is 6.92 Å². The van der Waals surface area contributed by atoms with Gasteiger partial charge in [0.15, 0.2) is 0 Å². The van der Waals surface area contributed by atoms with E-state index in [0.717, 1.165) is 22.6 Å². The van der Waals surface area contributed by atoms with Gasteiger partial charge < -0.3 is 4.90 Å². The number of hydrogen-bond donors (Lipinski definition) is 0. The second kappa shape index (κ2) is 4.10. The van der Waals surface area contributed by atoms with Gasteiger partial charge in [-0.2, -0.15) is 4.98 Å². The zero-order valence-corrected chi connectivity index (χ0v) is 11.5. The topological polar surface area (TPSA) is 29.0 Å². The van der Waals surface area contributed by atoms with Gasteiger partial charge >= 0.3 is 0 Å². The smallest absolute Gasteiger partial charge is 0.225 e. The van der Waals surface area contributed by atoms with Crippen molar-refractivity contribution >= 4 is 39.0 Å². The van der Waals surface area contributed by atoms with Crippen molar-refractivity contribution in [2.24, 2.45) is 0 Å². The monoisotopic (exact) mass is 267 g/mol. The predicted molar refractivity (Wildman–Crippen MR) is 73.2 cm³/mol. The van der Waals surface area contributed by atoms with E-state index < -0.39 is 0 Å². The van der Waals surface area contributed by atoms with Crippen LogP contribution < -0.4 is 4.90 Å². The SMILES string of the molecule is Cc1cc2c(N3CCCC3C)nc(Cl)nc2s1. The Morgan fingerprint density at radius 2 is 2.29 bits per heavy atom. The van der Waals surface area contributed by atoms with Gasteiger partial charge in [0.25, 0.3) is 0 Å². The molecule has 1 aliphatic heterocycles. The Balaban J connectivity index is 2.20. The molecule has 1 aliphatic rings. The van der Waals surface area contributed by atoms with Crippen molar-refractivity contribution < 1.29 is 0 Å². The molecule has 5 heteroatoms. The molecule has 90 valence electrons. The zero-order chi connectivity index (χ0) is 12.0. The van der Waals surface area contributed by atoms with E-state index >= 15 is 0 Å². The number of thiophene rings is 1. The highest BCUT2D eigenvalue weighted by molar-refractivity contribution is 7.18. The largest absolute Gasteiger partial charge is 0.353 e. The predicted octanol–water partition coefficient (Wildman–Crippen LogP) is 3.64. The molecule has 3 rings (SSSR count). The summed E-state index contributed by atoms with van der Waals surface area (Å²) in [6, 6.07) is 2.71. The normalized spacial score (nSPS) is 20.4.